The van der Waals surface area contributed by atoms with Gasteiger partial charge in [0.2, 0.25) is 0 Å². The fourth-order valence-corrected chi connectivity index (χ4v) is 5.63. The van der Waals surface area contributed by atoms with Crippen LogP contribution in [0.1, 0.15) is 63.5 Å². The van der Waals surface area contributed by atoms with Crippen molar-refractivity contribution in [1.82, 2.24) is 15.0 Å². The Kier molecular flexibility index (Phi) is 5.85. The van der Waals surface area contributed by atoms with Gasteiger partial charge >= 0.3 is 0 Å². The summed E-state index contributed by atoms with van der Waals surface area (Å²) in [5, 5.41) is 15.5. The van der Waals surface area contributed by atoms with E-state index in [2.05, 4.69) is 15.4 Å². The molecule has 152 valence electrons. The predicted molar refractivity (Wildman–Crippen MR) is 108 cm³/mol. The van der Waals surface area contributed by atoms with Crippen LogP contribution < -0.4 is 0 Å². The van der Waals surface area contributed by atoms with Gasteiger partial charge in [0.05, 0.1) is 11.3 Å². The van der Waals surface area contributed by atoms with Crippen LogP contribution >= 0.6 is 11.3 Å². The molecule has 2 aliphatic rings. The predicted octanol–water partition coefficient (Wildman–Crippen LogP) is 3.29. The maximum Gasteiger partial charge on any atom is 0.255 e. The third kappa shape index (κ3) is 3.75. The van der Waals surface area contributed by atoms with Crippen LogP contribution in [0.3, 0.4) is 0 Å². The van der Waals surface area contributed by atoms with Crippen LogP contribution in [0.15, 0.2) is 9.90 Å². The minimum absolute atomic E-state index is 0.146. The van der Waals surface area contributed by atoms with E-state index >= 15 is 0 Å². The maximum atomic E-state index is 13.3. The Morgan fingerprint density at radius 1 is 1.36 bits per heavy atom. The average Bonchev–Trinajstić information content (AvgIpc) is 3.26. The van der Waals surface area contributed by atoms with Gasteiger partial charge in [0, 0.05) is 54.6 Å². The fraction of sp³-hybridized carbons (Fsp3) is 0.619. The van der Waals surface area contributed by atoms with Crippen molar-refractivity contribution in [3.63, 3.8) is 0 Å². The Labute approximate surface area is 170 Å². The van der Waals surface area contributed by atoms with E-state index in [0.29, 0.717) is 6.42 Å². The largest absolute Gasteiger partial charge is 0.396 e. The molecule has 6 nitrogen and oxygen atoms in total. The van der Waals surface area contributed by atoms with Gasteiger partial charge in [0.25, 0.3) is 5.91 Å². The molecule has 1 amide bonds. The monoisotopic (exact) mass is 403 g/mol. The Balaban J connectivity index is 1.48. The highest BCUT2D eigenvalue weighted by Crippen LogP contribution is 2.32. The van der Waals surface area contributed by atoms with E-state index in [0.717, 1.165) is 68.9 Å². The van der Waals surface area contributed by atoms with E-state index in [1.165, 1.54) is 16.0 Å². The van der Waals surface area contributed by atoms with Crippen molar-refractivity contribution in [3.05, 3.63) is 38.4 Å². The highest BCUT2D eigenvalue weighted by Gasteiger charge is 2.31. The molecule has 2 aromatic heterocycles. The topological polar surface area (TPSA) is 69.8 Å². The molecule has 1 fully saturated rings. The molecule has 0 bridgehead atoms. The zero-order valence-electron chi connectivity index (χ0n) is 16.7. The Bertz CT molecular complexity index is 823. The molecule has 0 spiro atoms. The fourth-order valence-electron chi connectivity index (χ4n) is 4.52. The molecule has 0 saturated carbocycles. The standard InChI is InChI=1S/C21H29N3O3S/c1-14-18(15(2)27-22-14)11-23-9-6-17-19(13-28-20(17)12-23)21(26)24-8-4-3-5-16(24)7-10-25/h13,16,25H,3-12H2,1-2H3/t16-/m1/s1. The van der Waals surface area contributed by atoms with Crippen LogP contribution in [0.5, 0.6) is 0 Å². The molecule has 7 heteroatoms. The molecule has 1 saturated heterocycles. The summed E-state index contributed by atoms with van der Waals surface area (Å²) in [6.45, 7) is 7.57. The summed E-state index contributed by atoms with van der Waals surface area (Å²) < 4.78 is 5.30. The summed E-state index contributed by atoms with van der Waals surface area (Å²) >= 11 is 1.71. The molecule has 1 atom stereocenters. The smallest absolute Gasteiger partial charge is 0.255 e. The first-order chi connectivity index (χ1) is 13.6. The van der Waals surface area contributed by atoms with E-state index in [1.54, 1.807) is 11.3 Å². The van der Waals surface area contributed by atoms with Crippen molar-refractivity contribution >= 4 is 17.2 Å². The van der Waals surface area contributed by atoms with Gasteiger partial charge in [-0.1, -0.05) is 5.16 Å². The van der Waals surface area contributed by atoms with Crippen LogP contribution in [0.2, 0.25) is 0 Å². The Morgan fingerprint density at radius 3 is 2.96 bits per heavy atom. The Morgan fingerprint density at radius 2 is 2.21 bits per heavy atom. The molecule has 4 rings (SSSR count). The van der Waals surface area contributed by atoms with Crippen molar-refractivity contribution in [2.75, 3.05) is 19.7 Å². The highest BCUT2D eigenvalue weighted by molar-refractivity contribution is 7.10. The van der Waals surface area contributed by atoms with Crippen LogP contribution in [-0.2, 0) is 19.5 Å². The molecule has 0 radical (unpaired) electrons. The molecular formula is C21H29N3O3S. The zero-order chi connectivity index (χ0) is 19.7. The second kappa shape index (κ2) is 8.35. The van der Waals surface area contributed by atoms with Crippen LogP contribution in [-0.4, -0.2) is 51.7 Å². The van der Waals surface area contributed by atoms with E-state index in [9.17, 15) is 9.90 Å². The van der Waals surface area contributed by atoms with Crippen molar-refractivity contribution in [2.45, 2.75) is 65.1 Å². The summed E-state index contributed by atoms with van der Waals surface area (Å²) in [6.07, 6.45) is 4.80. The lowest BCUT2D eigenvalue weighted by Gasteiger charge is -2.36. The van der Waals surface area contributed by atoms with Gasteiger partial charge in [0.15, 0.2) is 0 Å². The first-order valence-corrected chi connectivity index (χ1v) is 11.1. The molecule has 1 N–H and O–H groups in total. The molecule has 28 heavy (non-hydrogen) atoms. The number of hydrogen-bond donors (Lipinski definition) is 1. The molecule has 0 aromatic carbocycles. The third-order valence-corrected chi connectivity index (χ3v) is 7.18. The summed E-state index contributed by atoms with van der Waals surface area (Å²) in [4.78, 5) is 19.0. The number of aliphatic hydroxyl groups excluding tert-OH is 1. The third-order valence-electron chi connectivity index (χ3n) is 6.17. The van der Waals surface area contributed by atoms with E-state index in [1.807, 2.05) is 18.7 Å². The lowest BCUT2D eigenvalue weighted by atomic mass is 9.96. The molecular weight excluding hydrogens is 374 g/mol. The number of rotatable bonds is 5. The molecule has 2 aromatic rings. The number of hydrogen-bond acceptors (Lipinski definition) is 6. The number of likely N-dealkylation sites (tertiary alicyclic amines) is 1. The van der Waals surface area contributed by atoms with Gasteiger partial charge in [-0.05, 0) is 51.5 Å². The maximum absolute atomic E-state index is 13.3. The first kappa shape index (κ1) is 19.6. The molecule has 2 aliphatic heterocycles. The van der Waals surface area contributed by atoms with E-state index < -0.39 is 0 Å². The summed E-state index contributed by atoms with van der Waals surface area (Å²) in [7, 11) is 0. The number of carbonyl (C=O) groups excluding carboxylic acids is 1. The highest BCUT2D eigenvalue weighted by atomic mass is 32.1. The number of amides is 1. The average molecular weight is 404 g/mol. The summed E-state index contributed by atoms with van der Waals surface area (Å²) in [5.41, 5.74) is 4.27. The van der Waals surface area contributed by atoms with Gasteiger partial charge in [-0.2, -0.15) is 0 Å². The number of aryl methyl sites for hydroxylation is 2. The van der Waals surface area contributed by atoms with Gasteiger partial charge in [-0.15, -0.1) is 11.3 Å². The van der Waals surface area contributed by atoms with Gasteiger partial charge in [0.1, 0.15) is 5.76 Å². The van der Waals surface area contributed by atoms with Crippen LogP contribution in [0, 0.1) is 13.8 Å². The minimum atomic E-state index is 0.146. The summed E-state index contributed by atoms with van der Waals surface area (Å²) in [6, 6.07) is 0.182. The lowest BCUT2D eigenvalue weighted by molar-refractivity contribution is 0.0573. The number of thiophene rings is 1. The quantitative estimate of drug-likeness (QED) is 0.830. The van der Waals surface area contributed by atoms with Gasteiger partial charge in [-0.25, -0.2) is 0 Å². The number of piperidine rings is 1. The lowest BCUT2D eigenvalue weighted by Crippen LogP contribution is -2.44. The van der Waals surface area contributed by atoms with Crippen LogP contribution in [0.4, 0.5) is 0 Å². The SMILES string of the molecule is Cc1noc(C)c1CN1CCc2c(C(=O)N3CCCC[C@@H]3CCO)csc2C1. The first-order valence-electron chi connectivity index (χ1n) is 10.2. The van der Waals surface area contributed by atoms with Crippen molar-refractivity contribution in [3.8, 4) is 0 Å². The van der Waals surface area contributed by atoms with E-state index in [-0.39, 0.29) is 18.6 Å². The number of nitrogens with zero attached hydrogens (tertiary/aromatic N) is 3. The van der Waals surface area contributed by atoms with Crippen LogP contribution in [0.25, 0.3) is 0 Å². The number of fused-ring (bicyclic) bond motifs is 1. The van der Waals surface area contributed by atoms with E-state index in [4.69, 9.17) is 4.52 Å². The van der Waals surface area contributed by atoms with Gasteiger partial charge in [-0.3, -0.25) is 9.69 Å². The van der Waals surface area contributed by atoms with Gasteiger partial charge < -0.3 is 14.5 Å². The second-order valence-electron chi connectivity index (χ2n) is 7.97. The number of carbonyl (C=O) groups is 1. The van der Waals surface area contributed by atoms with Crippen molar-refractivity contribution < 1.29 is 14.4 Å². The second-order valence-corrected chi connectivity index (χ2v) is 8.94. The van der Waals surface area contributed by atoms with Crippen molar-refractivity contribution in [2.24, 2.45) is 0 Å². The minimum Gasteiger partial charge on any atom is -0.396 e. The zero-order valence-corrected chi connectivity index (χ0v) is 17.6. The number of aliphatic hydroxyl groups is 1. The van der Waals surface area contributed by atoms with Crippen molar-refractivity contribution in [1.29, 1.82) is 0 Å². The molecule has 4 heterocycles. The normalized spacial score (nSPS) is 20.4. The molecule has 0 unspecified atom stereocenters. The number of aromatic nitrogens is 1. The Hall–Kier alpha value is -1.70. The summed E-state index contributed by atoms with van der Waals surface area (Å²) in [5.74, 6) is 1.06. The molecule has 0 aliphatic carbocycles.